The monoisotopic (exact) mass is 356 g/mol. The van der Waals surface area contributed by atoms with E-state index < -0.39 is 5.60 Å². The van der Waals surface area contributed by atoms with Gasteiger partial charge in [0.15, 0.2) is 0 Å². The van der Waals surface area contributed by atoms with Crippen molar-refractivity contribution in [3.8, 4) is 11.5 Å². The van der Waals surface area contributed by atoms with Crippen LogP contribution in [0.4, 0.5) is 0 Å². The number of phenols is 1. The summed E-state index contributed by atoms with van der Waals surface area (Å²) in [6.07, 6.45) is 5.08. The first-order valence-electron chi connectivity index (χ1n) is 7.69. The number of carbonyl (C=O) groups excluding carboxylic acids is 1. The van der Waals surface area contributed by atoms with Crippen LogP contribution in [0.2, 0.25) is 5.02 Å². The highest BCUT2D eigenvalue weighted by Crippen LogP contribution is 2.37. The highest BCUT2D eigenvalue weighted by Gasteiger charge is 2.24. The summed E-state index contributed by atoms with van der Waals surface area (Å²) in [7, 11) is 0. The highest BCUT2D eigenvalue weighted by molar-refractivity contribution is 6.30. The number of benzene rings is 2. The number of amides is 1. The van der Waals surface area contributed by atoms with Gasteiger partial charge in [-0.05, 0) is 62.4 Å². The molecule has 0 radical (unpaired) electrons. The van der Waals surface area contributed by atoms with Crippen LogP contribution in [0, 0.1) is 0 Å². The van der Waals surface area contributed by atoms with Gasteiger partial charge < -0.3 is 9.84 Å². The molecule has 0 unspecified atom stereocenters. The molecule has 25 heavy (non-hydrogen) atoms. The van der Waals surface area contributed by atoms with Crippen LogP contribution in [0.5, 0.6) is 11.5 Å². The number of rotatable bonds is 3. The Hall–Kier alpha value is -2.79. The van der Waals surface area contributed by atoms with Crippen LogP contribution < -0.4 is 10.2 Å². The zero-order valence-corrected chi connectivity index (χ0v) is 14.5. The molecule has 2 N–H and O–H groups in total. The maximum Gasteiger partial charge on any atom is 0.271 e. The van der Waals surface area contributed by atoms with E-state index in [4.69, 9.17) is 16.3 Å². The second kappa shape index (κ2) is 6.61. The van der Waals surface area contributed by atoms with Crippen molar-refractivity contribution in [2.75, 3.05) is 0 Å². The number of halogens is 1. The minimum absolute atomic E-state index is 0.0498. The van der Waals surface area contributed by atoms with Gasteiger partial charge in [0.1, 0.15) is 17.1 Å². The normalized spacial score (nSPS) is 14.8. The van der Waals surface area contributed by atoms with Crippen molar-refractivity contribution in [2.24, 2.45) is 5.10 Å². The van der Waals surface area contributed by atoms with E-state index in [1.165, 1.54) is 6.21 Å². The lowest BCUT2D eigenvalue weighted by molar-refractivity contribution is 0.0955. The third kappa shape index (κ3) is 3.83. The Morgan fingerprint density at radius 1 is 1.24 bits per heavy atom. The number of nitrogens with one attached hydrogen (secondary N) is 1. The molecule has 5 nitrogen and oxygen atoms in total. The number of hydrogen-bond donors (Lipinski definition) is 2. The molecular weight excluding hydrogens is 340 g/mol. The second-order valence-corrected chi connectivity index (χ2v) is 6.60. The zero-order chi connectivity index (χ0) is 18.0. The summed E-state index contributed by atoms with van der Waals surface area (Å²) >= 11 is 5.79. The predicted octanol–water partition coefficient (Wildman–Crippen LogP) is 3.99. The third-order valence-electron chi connectivity index (χ3n) is 3.71. The molecule has 0 spiro atoms. The smallest absolute Gasteiger partial charge is 0.271 e. The molecule has 0 fully saturated rings. The molecule has 2 aromatic rings. The first kappa shape index (κ1) is 17.0. The largest absolute Gasteiger partial charge is 0.506 e. The Bertz CT molecular complexity index is 871. The van der Waals surface area contributed by atoms with E-state index in [1.54, 1.807) is 36.4 Å². The van der Waals surface area contributed by atoms with Crippen LogP contribution in [0.3, 0.4) is 0 Å². The summed E-state index contributed by atoms with van der Waals surface area (Å²) in [5.74, 6) is 0.288. The first-order valence-corrected chi connectivity index (χ1v) is 8.07. The molecule has 0 saturated carbocycles. The number of hydrazone groups is 1. The van der Waals surface area contributed by atoms with Crippen molar-refractivity contribution >= 4 is 29.8 Å². The van der Waals surface area contributed by atoms with E-state index >= 15 is 0 Å². The minimum atomic E-state index is -0.415. The average Bonchev–Trinajstić information content (AvgIpc) is 2.56. The number of carbonyl (C=O) groups is 1. The Morgan fingerprint density at radius 3 is 2.68 bits per heavy atom. The van der Waals surface area contributed by atoms with Gasteiger partial charge in [0.05, 0.1) is 11.8 Å². The molecule has 1 aliphatic rings. The summed E-state index contributed by atoms with van der Waals surface area (Å²) in [6.45, 7) is 3.87. The number of phenolic OH excluding ortho intramolecular Hbond substituents is 1. The Morgan fingerprint density at radius 2 is 1.96 bits per heavy atom. The molecule has 1 heterocycles. The number of nitrogens with zero attached hydrogens (tertiary/aromatic N) is 1. The lowest BCUT2D eigenvalue weighted by Gasteiger charge is -2.28. The molecular formula is C19H17ClN2O3. The summed E-state index contributed by atoms with van der Waals surface area (Å²) in [6, 6.07) is 9.91. The van der Waals surface area contributed by atoms with Gasteiger partial charge in [0.2, 0.25) is 0 Å². The summed E-state index contributed by atoms with van der Waals surface area (Å²) in [5.41, 5.74) is 3.50. The topological polar surface area (TPSA) is 70.9 Å². The quantitative estimate of drug-likeness (QED) is 0.645. The van der Waals surface area contributed by atoms with Gasteiger partial charge in [-0.1, -0.05) is 11.6 Å². The lowest BCUT2D eigenvalue weighted by Crippen LogP contribution is -2.27. The van der Waals surface area contributed by atoms with E-state index in [0.717, 1.165) is 0 Å². The van der Waals surface area contributed by atoms with Gasteiger partial charge in [-0.25, -0.2) is 5.43 Å². The SMILES string of the molecule is CC1(C)C=Cc2c(ccc(/C=N/NC(=O)c3ccc(Cl)cc3)c2O)O1. The minimum Gasteiger partial charge on any atom is -0.506 e. The van der Waals surface area contributed by atoms with E-state index in [1.807, 2.05) is 26.0 Å². The fourth-order valence-corrected chi connectivity index (χ4v) is 2.51. The van der Waals surface area contributed by atoms with E-state index in [0.29, 0.717) is 27.5 Å². The Labute approximate surface area is 150 Å². The lowest BCUT2D eigenvalue weighted by atomic mass is 10.00. The van der Waals surface area contributed by atoms with E-state index in [2.05, 4.69) is 10.5 Å². The van der Waals surface area contributed by atoms with Crippen LogP contribution in [0.25, 0.3) is 6.08 Å². The fourth-order valence-electron chi connectivity index (χ4n) is 2.39. The molecule has 1 aliphatic heterocycles. The van der Waals surface area contributed by atoms with Crippen molar-refractivity contribution in [2.45, 2.75) is 19.4 Å². The Balaban J connectivity index is 1.74. The van der Waals surface area contributed by atoms with Gasteiger partial charge in [-0.3, -0.25) is 4.79 Å². The molecule has 1 amide bonds. The van der Waals surface area contributed by atoms with Gasteiger partial charge in [0, 0.05) is 16.1 Å². The fraction of sp³-hybridized carbons (Fsp3) is 0.158. The van der Waals surface area contributed by atoms with Crippen molar-refractivity contribution in [1.82, 2.24) is 5.43 Å². The summed E-state index contributed by atoms with van der Waals surface area (Å²) in [4.78, 5) is 12.0. The van der Waals surface area contributed by atoms with Gasteiger partial charge >= 0.3 is 0 Å². The van der Waals surface area contributed by atoms with Crippen molar-refractivity contribution in [3.05, 3.63) is 64.2 Å². The molecule has 0 saturated heterocycles. The summed E-state index contributed by atoms with van der Waals surface area (Å²) < 4.78 is 5.79. The number of aromatic hydroxyl groups is 1. The van der Waals surface area contributed by atoms with E-state index in [-0.39, 0.29) is 11.7 Å². The maximum atomic E-state index is 12.0. The van der Waals surface area contributed by atoms with Crippen LogP contribution >= 0.6 is 11.6 Å². The van der Waals surface area contributed by atoms with Crippen LogP contribution in [-0.2, 0) is 0 Å². The van der Waals surface area contributed by atoms with Crippen LogP contribution in [0.15, 0.2) is 47.6 Å². The third-order valence-corrected chi connectivity index (χ3v) is 3.96. The molecule has 0 bridgehead atoms. The van der Waals surface area contributed by atoms with Crippen molar-refractivity contribution < 1.29 is 14.6 Å². The molecule has 128 valence electrons. The maximum absolute atomic E-state index is 12.0. The van der Waals surface area contributed by atoms with Gasteiger partial charge in [0.25, 0.3) is 5.91 Å². The highest BCUT2D eigenvalue weighted by atomic mass is 35.5. The van der Waals surface area contributed by atoms with Gasteiger partial charge in [-0.15, -0.1) is 0 Å². The Kier molecular flexibility index (Phi) is 4.51. The zero-order valence-electron chi connectivity index (χ0n) is 13.8. The predicted molar refractivity (Wildman–Crippen MR) is 98.4 cm³/mol. The van der Waals surface area contributed by atoms with E-state index in [9.17, 15) is 9.90 Å². The molecule has 3 rings (SSSR count). The molecule has 0 aromatic heterocycles. The number of ether oxygens (including phenoxy) is 1. The van der Waals surface area contributed by atoms with Crippen molar-refractivity contribution in [1.29, 1.82) is 0 Å². The van der Waals surface area contributed by atoms with Crippen LogP contribution in [-0.4, -0.2) is 22.8 Å². The van der Waals surface area contributed by atoms with Gasteiger partial charge in [-0.2, -0.15) is 5.10 Å². The van der Waals surface area contributed by atoms with Crippen molar-refractivity contribution in [3.63, 3.8) is 0 Å². The van der Waals surface area contributed by atoms with Crippen LogP contribution in [0.1, 0.15) is 35.3 Å². The molecule has 2 aromatic carbocycles. The molecule has 6 heteroatoms. The number of hydrogen-bond acceptors (Lipinski definition) is 4. The summed E-state index contributed by atoms with van der Waals surface area (Å²) in [5, 5.41) is 14.8. The molecule has 0 aliphatic carbocycles. The standard InChI is InChI=1S/C19H17ClN2O3/c1-19(2)10-9-15-16(25-19)8-5-13(17(15)23)11-21-22-18(24)12-3-6-14(20)7-4-12/h3-11,23H,1-2H3,(H,22,24)/b21-11+. The second-order valence-electron chi connectivity index (χ2n) is 6.16. The average molecular weight is 357 g/mol. The molecule has 0 atom stereocenters. The first-order chi connectivity index (χ1) is 11.9. The number of fused-ring (bicyclic) bond motifs is 1.